The van der Waals surface area contributed by atoms with Crippen LogP contribution >= 0.6 is 23.2 Å². The first-order valence-electron chi connectivity index (χ1n) is 8.51. The molecule has 0 radical (unpaired) electrons. The number of methoxy groups -OCH3 is 2. The second-order valence-electron chi connectivity index (χ2n) is 6.00. The maximum atomic E-state index is 12.6. The summed E-state index contributed by atoms with van der Waals surface area (Å²) in [6.45, 7) is 0. The smallest absolute Gasteiger partial charge is 0.337 e. The fourth-order valence-corrected chi connectivity index (χ4v) is 3.06. The molecule has 0 fully saturated rings. The van der Waals surface area contributed by atoms with E-state index >= 15 is 0 Å². The van der Waals surface area contributed by atoms with E-state index in [0.29, 0.717) is 21.4 Å². The van der Waals surface area contributed by atoms with Gasteiger partial charge in [0.15, 0.2) is 5.76 Å². The van der Waals surface area contributed by atoms with Crippen molar-refractivity contribution in [2.45, 2.75) is 0 Å². The van der Waals surface area contributed by atoms with Gasteiger partial charge in [0.2, 0.25) is 0 Å². The third-order valence-corrected chi connectivity index (χ3v) is 4.90. The molecule has 0 saturated carbocycles. The highest BCUT2D eigenvalue weighted by molar-refractivity contribution is 6.43. The average Bonchev–Trinajstić information content (AvgIpc) is 3.24. The molecule has 3 aromatic rings. The molecule has 1 N–H and O–H groups in total. The van der Waals surface area contributed by atoms with Crippen molar-refractivity contribution in [2.75, 3.05) is 19.5 Å². The minimum atomic E-state index is -0.674. The SMILES string of the molecule is COC(=O)c1cc(NC(=O)c2ccc(-c3cccc(Cl)c3Cl)o2)cc(C(=O)OC)c1. The van der Waals surface area contributed by atoms with Crippen LogP contribution in [0.1, 0.15) is 31.3 Å². The number of carbonyl (C=O) groups excluding carboxylic acids is 3. The number of ether oxygens (including phenoxy) is 2. The molecule has 0 aliphatic heterocycles. The minimum Gasteiger partial charge on any atom is -0.465 e. The predicted octanol–water partition coefficient (Wildman–Crippen LogP) is 5.08. The normalized spacial score (nSPS) is 10.4. The number of amides is 1. The molecular formula is C21H15Cl2NO6. The molecule has 2 aromatic carbocycles. The molecule has 0 atom stereocenters. The number of halogens is 2. The predicted molar refractivity (Wildman–Crippen MR) is 111 cm³/mol. The van der Waals surface area contributed by atoms with E-state index in [9.17, 15) is 14.4 Å². The van der Waals surface area contributed by atoms with Crippen molar-refractivity contribution in [1.82, 2.24) is 0 Å². The van der Waals surface area contributed by atoms with Gasteiger partial charge in [-0.15, -0.1) is 0 Å². The summed E-state index contributed by atoms with van der Waals surface area (Å²) in [5, 5.41) is 3.23. The molecule has 9 heteroatoms. The minimum absolute atomic E-state index is 0.0101. The van der Waals surface area contributed by atoms with Gasteiger partial charge in [-0.1, -0.05) is 29.3 Å². The standard InChI is InChI=1S/C21H15Cl2NO6/c1-28-20(26)11-8-12(21(27)29-2)10-13(9-11)24-19(25)17-7-6-16(30-17)14-4-3-5-15(22)18(14)23/h3-10H,1-2H3,(H,24,25). The van der Waals surface area contributed by atoms with Gasteiger partial charge in [0.25, 0.3) is 5.91 Å². The number of hydrogen-bond donors (Lipinski definition) is 1. The van der Waals surface area contributed by atoms with Crippen molar-refractivity contribution in [2.24, 2.45) is 0 Å². The summed E-state index contributed by atoms with van der Waals surface area (Å²) in [7, 11) is 2.41. The van der Waals surface area contributed by atoms with Crippen molar-refractivity contribution >= 4 is 46.7 Å². The summed E-state index contributed by atoms with van der Waals surface area (Å²) in [6.07, 6.45) is 0. The van der Waals surface area contributed by atoms with E-state index in [1.165, 1.54) is 38.5 Å². The van der Waals surface area contributed by atoms with E-state index in [1.807, 2.05) is 0 Å². The number of esters is 2. The number of hydrogen-bond acceptors (Lipinski definition) is 6. The van der Waals surface area contributed by atoms with Crippen molar-refractivity contribution < 1.29 is 28.3 Å². The lowest BCUT2D eigenvalue weighted by atomic mass is 10.1. The fourth-order valence-electron chi connectivity index (χ4n) is 2.66. The van der Waals surface area contributed by atoms with Crippen LogP contribution in [-0.2, 0) is 9.47 Å². The van der Waals surface area contributed by atoms with Crippen LogP contribution in [0.3, 0.4) is 0 Å². The number of nitrogens with one attached hydrogen (secondary N) is 1. The van der Waals surface area contributed by atoms with Crippen molar-refractivity contribution in [3.05, 3.63) is 75.5 Å². The number of carbonyl (C=O) groups is 3. The van der Waals surface area contributed by atoms with E-state index in [1.54, 1.807) is 24.3 Å². The molecular weight excluding hydrogens is 433 g/mol. The highest BCUT2D eigenvalue weighted by Gasteiger charge is 2.18. The molecule has 30 heavy (non-hydrogen) atoms. The monoisotopic (exact) mass is 447 g/mol. The molecule has 1 amide bonds. The summed E-state index contributed by atoms with van der Waals surface area (Å²) in [6, 6.07) is 12.1. The Morgan fingerprint density at radius 1 is 0.900 bits per heavy atom. The van der Waals surface area contributed by atoms with Crippen LogP contribution < -0.4 is 5.32 Å². The third kappa shape index (κ3) is 4.48. The molecule has 7 nitrogen and oxygen atoms in total. The van der Waals surface area contributed by atoms with E-state index in [-0.39, 0.29) is 22.6 Å². The Morgan fingerprint density at radius 3 is 2.13 bits per heavy atom. The Morgan fingerprint density at radius 2 is 1.53 bits per heavy atom. The molecule has 0 bridgehead atoms. The van der Waals surface area contributed by atoms with Crippen LogP contribution in [0.15, 0.2) is 52.9 Å². The van der Waals surface area contributed by atoms with Gasteiger partial charge < -0.3 is 19.2 Å². The molecule has 0 unspecified atom stereocenters. The second kappa shape index (κ2) is 9.02. The van der Waals surface area contributed by atoms with Crippen LogP contribution in [0.4, 0.5) is 5.69 Å². The Balaban J connectivity index is 1.89. The van der Waals surface area contributed by atoms with E-state index in [2.05, 4.69) is 14.8 Å². The zero-order chi connectivity index (χ0) is 21.8. The van der Waals surface area contributed by atoms with Crippen LogP contribution in [-0.4, -0.2) is 32.1 Å². The van der Waals surface area contributed by atoms with Crippen LogP contribution in [0.25, 0.3) is 11.3 Å². The maximum absolute atomic E-state index is 12.6. The van der Waals surface area contributed by atoms with Gasteiger partial charge >= 0.3 is 11.9 Å². The lowest BCUT2D eigenvalue weighted by molar-refractivity contribution is 0.0599. The lowest BCUT2D eigenvalue weighted by Crippen LogP contribution is -2.13. The topological polar surface area (TPSA) is 94.8 Å². The number of rotatable bonds is 5. The third-order valence-electron chi connectivity index (χ3n) is 4.08. The molecule has 1 heterocycles. The molecule has 0 saturated heterocycles. The fraction of sp³-hybridized carbons (Fsp3) is 0.0952. The Labute approximate surface area is 181 Å². The molecule has 154 valence electrons. The molecule has 0 spiro atoms. The van der Waals surface area contributed by atoms with Crippen molar-refractivity contribution in [1.29, 1.82) is 0 Å². The van der Waals surface area contributed by atoms with Crippen LogP contribution in [0.2, 0.25) is 10.0 Å². The lowest BCUT2D eigenvalue weighted by Gasteiger charge is -2.09. The maximum Gasteiger partial charge on any atom is 0.337 e. The first-order chi connectivity index (χ1) is 14.3. The van der Waals surface area contributed by atoms with Gasteiger partial charge in [0.05, 0.1) is 35.4 Å². The van der Waals surface area contributed by atoms with E-state index in [4.69, 9.17) is 27.6 Å². The number of furan rings is 1. The van der Waals surface area contributed by atoms with Crippen molar-refractivity contribution in [3.8, 4) is 11.3 Å². The average molecular weight is 448 g/mol. The molecule has 0 aliphatic carbocycles. The highest BCUT2D eigenvalue weighted by atomic mass is 35.5. The zero-order valence-corrected chi connectivity index (χ0v) is 17.3. The quantitative estimate of drug-likeness (QED) is 0.547. The van der Waals surface area contributed by atoms with E-state index < -0.39 is 17.8 Å². The zero-order valence-electron chi connectivity index (χ0n) is 15.8. The molecule has 0 aliphatic rings. The van der Waals surface area contributed by atoms with Gasteiger partial charge in [-0.2, -0.15) is 0 Å². The van der Waals surface area contributed by atoms with Gasteiger partial charge in [-0.3, -0.25) is 4.79 Å². The summed E-state index contributed by atoms with van der Waals surface area (Å²) in [5.74, 6) is -1.60. The van der Waals surface area contributed by atoms with Gasteiger partial charge in [-0.05, 0) is 42.5 Å². The Bertz CT molecular complexity index is 1100. The van der Waals surface area contributed by atoms with Crippen LogP contribution in [0.5, 0.6) is 0 Å². The van der Waals surface area contributed by atoms with Crippen molar-refractivity contribution in [3.63, 3.8) is 0 Å². The van der Waals surface area contributed by atoms with E-state index in [0.717, 1.165) is 0 Å². The summed E-state index contributed by atoms with van der Waals surface area (Å²) in [5.41, 5.74) is 0.856. The Kier molecular flexibility index (Phi) is 6.44. The molecule has 3 rings (SSSR count). The summed E-state index contributed by atoms with van der Waals surface area (Å²) in [4.78, 5) is 36.4. The van der Waals surface area contributed by atoms with Gasteiger partial charge in [-0.25, -0.2) is 9.59 Å². The second-order valence-corrected chi connectivity index (χ2v) is 6.79. The first-order valence-corrected chi connectivity index (χ1v) is 9.27. The number of anilines is 1. The van der Waals surface area contributed by atoms with Crippen LogP contribution in [0, 0.1) is 0 Å². The summed E-state index contributed by atoms with van der Waals surface area (Å²) >= 11 is 12.2. The van der Waals surface area contributed by atoms with Gasteiger partial charge in [0, 0.05) is 11.3 Å². The summed E-state index contributed by atoms with van der Waals surface area (Å²) < 4.78 is 15.0. The number of benzene rings is 2. The Hall–Kier alpha value is -3.29. The highest BCUT2D eigenvalue weighted by Crippen LogP contribution is 2.34. The largest absolute Gasteiger partial charge is 0.465 e. The first kappa shape index (κ1) is 21.4. The molecule has 1 aromatic heterocycles. The van der Waals surface area contributed by atoms with Gasteiger partial charge in [0.1, 0.15) is 5.76 Å².